The van der Waals surface area contributed by atoms with Crippen molar-refractivity contribution in [1.82, 2.24) is 24.7 Å². The van der Waals surface area contributed by atoms with E-state index in [9.17, 15) is 9.59 Å². The van der Waals surface area contributed by atoms with Gasteiger partial charge < -0.3 is 14.2 Å². The topological polar surface area (TPSA) is 110 Å². The first-order valence-electron chi connectivity index (χ1n) is 9.54. The average molecular weight is 425 g/mol. The smallest absolute Gasteiger partial charge is 0.388 e. The number of carbonyl (C=O) groups is 1. The van der Waals surface area contributed by atoms with Crippen molar-refractivity contribution in [2.45, 2.75) is 24.0 Å². The van der Waals surface area contributed by atoms with Crippen molar-refractivity contribution in [3.05, 3.63) is 40.8 Å². The van der Waals surface area contributed by atoms with E-state index < -0.39 is 5.76 Å². The summed E-state index contributed by atoms with van der Waals surface area (Å²) in [6.07, 6.45) is 8.73. The number of anilines is 2. The third-order valence-corrected chi connectivity index (χ3v) is 5.98. The first kappa shape index (κ1) is 18.8. The van der Waals surface area contributed by atoms with Crippen LogP contribution in [0.25, 0.3) is 11.5 Å². The van der Waals surface area contributed by atoms with Crippen molar-refractivity contribution in [3.8, 4) is 11.5 Å². The van der Waals surface area contributed by atoms with Crippen LogP contribution in [0.3, 0.4) is 0 Å². The molecule has 3 aromatic rings. The van der Waals surface area contributed by atoms with Crippen molar-refractivity contribution in [1.29, 1.82) is 0 Å². The maximum Gasteiger partial charge on any atom is 0.437 e. The normalized spacial score (nSPS) is 18.3. The molecule has 1 atom stereocenters. The molecule has 0 bridgehead atoms. The molecule has 30 heavy (non-hydrogen) atoms. The average Bonchev–Trinajstić information content (AvgIpc) is 3.34. The Hall–Kier alpha value is -3.21. The molecule has 10 nitrogen and oxygen atoms in total. The van der Waals surface area contributed by atoms with Gasteiger partial charge in [-0.3, -0.25) is 9.78 Å². The molecule has 0 saturated carbocycles. The van der Waals surface area contributed by atoms with Crippen molar-refractivity contribution < 1.29 is 9.21 Å². The van der Waals surface area contributed by atoms with Crippen molar-refractivity contribution in [3.63, 3.8) is 0 Å². The summed E-state index contributed by atoms with van der Waals surface area (Å²) in [6, 6.07) is 1.92. The molecule has 11 heteroatoms. The van der Waals surface area contributed by atoms with Crippen molar-refractivity contribution in [2.24, 2.45) is 7.05 Å². The van der Waals surface area contributed by atoms with E-state index in [2.05, 4.69) is 25.0 Å². The minimum absolute atomic E-state index is 0.162. The second kappa shape index (κ2) is 7.24. The summed E-state index contributed by atoms with van der Waals surface area (Å²) in [5.74, 6) is 0.131. The number of fused-ring (bicyclic) bond motifs is 3. The Morgan fingerprint density at radius 1 is 1.23 bits per heavy atom. The monoisotopic (exact) mass is 425 g/mol. The summed E-state index contributed by atoms with van der Waals surface area (Å²) >= 11 is 1.46. The summed E-state index contributed by atoms with van der Waals surface area (Å²) in [7, 11) is 1.51. The zero-order chi connectivity index (χ0) is 20.8. The first-order valence-corrected chi connectivity index (χ1v) is 10.8. The molecule has 5 heterocycles. The van der Waals surface area contributed by atoms with Crippen LogP contribution < -0.4 is 15.6 Å². The van der Waals surface area contributed by atoms with Crippen LogP contribution in [-0.4, -0.2) is 56.0 Å². The van der Waals surface area contributed by atoms with Gasteiger partial charge in [-0.1, -0.05) is 11.8 Å². The van der Waals surface area contributed by atoms with Gasteiger partial charge in [-0.25, -0.2) is 14.8 Å². The molecule has 1 amide bonds. The predicted molar refractivity (Wildman–Crippen MR) is 111 cm³/mol. The molecule has 5 rings (SSSR count). The van der Waals surface area contributed by atoms with E-state index in [-0.39, 0.29) is 17.8 Å². The molecule has 2 aliphatic rings. The second-order valence-electron chi connectivity index (χ2n) is 7.23. The lowest BCUT2D eigenvalue weighted by atomic mass is 10.2. The van der Waals surface area contributed by atoms with Gasteiger partial charge in [-0.05, 0) is 25.2 Å². The van der Waals surface area contributed by atoms with E-state index >= 15 is 0 Å². The van der Waals surface area contributed by atoms with E-state index in [1.165, 1.54) is 18.8 Å². The molecule has 1 fully saturated rings. The number of hydrogen-bond acceptors (Lipinski definition) is 9. The number of hydrogen-bond donors (Lipinski definition) is 0. The fraction of sp³-hybridized carbons (Fsp3) is 0.368. The number of nitrogens with zero attached hydrogens (tertiary/aromatic N) is 7. The molecule has 0 unspecified atom stereocenters. The molecule has 0 aromatic carbocycles. The lowest BCUT2D eigenvalue weighted by Gasteiger charge is -2.26. The highest BCUT2D eigenvalue weighted by atomic mass is 32.2. The van der Waals surface area contributed by atoms with Crippen LogP contribution in [0.2, 0.25) is 0 Å². The predicted octanol–water partition coefficient (Wildman–Crippen LogP) is 1.58. The molecule has 0 spiro atoms. The Morgan fingerprint density at radius 2 is 2.10 bits per heavy atom. The number of amides is 1. The number of thioether (sulfide) groups is 1. The Labute approximate surface area is 175 Å². The van der Waals surface area contributed by atoms with E-state index in [0.29, 0.717) is 34.3 Å². The van der Waals surface area contributed by atoms with E-state index in [1.807, 2.05) is 6.26 Å². The largest absolute Gasteiger partial charge is 0.437 e. The zero-order valence-corrected chi connectivity index (χ0v) is 17.3. The molecular formula is C19H19N7O3S. The molecule has 154 valence electrons. The Kier molecular flexibility index (Phi) is 4.54. The first-order chi connectivity index (χ1) is 14.5. The fourth-order valence-electron chi connectivity index (χ4n) is 3.95. The van der Waals surface area contributed by atoms with Crippen LogP contribution in [0.1, 0.15) is 23.2 Å². The zero-order valence-electron chi connectivity index (χ0n) is 16.5. The van der Waals surface area contributed by atoms with E-state index in [1.54, 1.807) is 29.6 Å². The maximum atomic E-state index is 13.5. The number of pyridine rings is 1. The quantitative estimate of drug-likeness (QED) is 0.456. The molecule has 0 N–H and O–H groups in total. The van der Waals surface area contributed by atoms with Crippen LogP contribution in [-0.2, 0) is 7.05 Å². The fourth-order valence-corrected chi connectivity index (χ4v) is 4.28. The summed E-state index contributed by atoms with van der Waals surface area (Å²) in [5.41, 5.74) is 1.62. The van der Waals surface area contributed by atoms with Crippen LogP contribution in [0.5, 0.6) is 0 Å². The van der Waals surface area contributed by atoms with Gasteiger partial charge in [-0.15, -0.1) is 5.10 Å². The van der Waals surface area contributed by atoms with Crippen molar-refractivity contribution >= 4 is 29.2 Å². The number of aryl methyl sites for hydroxylation is 1. The Bertz CT molecular complexity index is 1190. The highest BCUT2D eigenvalue weighted by Crippen LogP contribution is 2.34. The lowest BCUT2D eigenvalue weighted by Crippen LogP contribution is -2.39. The third kappa shape index (κ3) is 3.05. The summed E-state index contributed by atoms with van der Waals surface area (Å²) in [6.45, 7) is 1.38. The number of aromatic nitrogens is 5. The van der Waals surface area contributed by atoms with Crippen LogP contribution in [0.4, 0.5) is 11.5 Å². The van der Waals surface area contributed by atoms with Crippen molar-refractivity contribution in [2.75, 3.05) is 29.1 Å². The van der Waals surface area contributed by atoms with E-state index in [4.69, 9.17) is 4.42 Å². The summed E-state index contributed by atoms with van der Waals surface area (Å²) < 4.78 is 6.29. The van der Waals surface area contributed by atoms with Gasteiger partial charge in [0.1, 0.15) is 11.4 Å². The highest BCUT2D eigenvalue weighted by Gasteiger charge is 2.37. The summed E-state index contributed by atoms with van der Waals surface area (Å²) in [5, 5.41) is 4.72. The second-order valence-corrected chi connectivity index (χ2v) is 8.00. The summed E-state index contributed by atoms with van der Waals surface area (Å²) in [4.78, 5) is 42.2. The van der Waals surface area contributed by atoms with Gasteiger partial charge in [0.15, 0.2) is 5.16 Å². The number of carbonyl (C=O) groups excluding carboxylic acids is 1. The standard InChI is InChI=1S/C19H19N7O3S/c1-24-19(28)29-16(23-24)11-6-13(8-20-7-11)26-10-12-4-3-5-25(12)15-14(17(26)27)9-21-18(22-15)30-2/h6-9,12H,3-5,10H2,1-2H3/t12-/m0/s1. The maximum absolute atomic E-state index is 13.5. The molecule has 1 saturated heterocycles. The SMILES string of the molecule is CSc1ncc2c(n1)N1CCC[C@H]1CN(c1cncc(-c3nn(C)c(=O)o3)c1)C2=O. The Morgan fingerprint density at radius 3 is 2.87 bits per heavy atom. The van der Waals surface area contributed by atoms with Crippen LogP contribution in [0.15, 0.2) is 39.0 Å². The van der Waals surface area contributed by atoms with Gasteiger partial charge >= 0.3 is 5.76 Å². The van der Waals surface area contributed by atoms with E-state index in [0.717, 1.165) is 24.1 Å². The molecule has 3 aromatic heterocycles. The van der Waals surface area contributed by atoms with Crippen LogP contribution in [0, 0.1) is 0 Å². The third-order valence-electron chi connectivity index (χ3n) is 5.42. The van der Waals surface area contributed by atoms with Crippen LogP contribution >= 0.6 is 11.8 Å². The molecular weight excluding hydrogens is 406 g/mol. The molecule has 0 radical (unpaired) electrons. The highest BCUT2D eigenvalue weighted by molar-refractivity contribution is 7.98. The minimum atomic E-state index is -0.557. The Balaban J connectivity index is 1.58. The lowest BCUT2D eigenvalue weighted by molar-refractivity contribution is 0.0988. The van der Waals surface area contributed by atoms with Gasteiger partial charge in [0.2, 0.25) is 0 Å². The molecule has 2 aliphatic heterocycles. The minimum Gasteiger partial charge on any atom is -0.388 e. The van der Waals surface area contributed by atoms with Gasteiger partial charge in [0, 0.05) is 38.6 Å². The van der Waals surface area contributed by atoms with Gasteiger partial charge in [-0.2, -0.15) is 4.68 Å². The number of rotatable bonds is 3. The van der Waals surface area contributed by atoms with Gasteiger partial charge in [0.25, 0.3) is 11.8 Å². The molecule has 0 aliphatic carbocycles. The van der Waals surface area contributed by atoms with Gasteiger partial charge in [0.05, 0.1) is 17.4 Å².